The van der Waals surface area contributed by atoms with Crippen LogP contribution in [0.2, 0.25) is 0 Å². The number of carbonyl (C=O) groups is 2. The van der Waals surface area contributed by atoms with Gasteiger partial charge >= 0.3 is 0 Å². The van der Waals surface area contributed by atoms with Crippen LogP contribution >= 0.6 is 0 Å². The number of hydrogen-bond acceptors (Lipinski definition) is 5. The Labute approximate surface area is 152 Å². The van der Waals surface area contributed by atoms with Gasteiger partial charge in [0.25, 0.3) is 5.91 Å². The molecule has 0 bridgehead atoms. The Hall–Kier alpha value is -3.30. The topological polar surface area (TPSA) is 115 Å². The van der Waals surface area contributed by atoms with Crippen molar-refractivity contribution in [1.82, 2.24) is 4.90 Å². The lowest BCUT2D eigenvalue weighted by molar-refractivity contribution is 0.0752. The van der Waals surface area contributed by atoms with Gasteiger partial charge in [-0.1, -0.05) is 17.9 Å². The van der Waals surface area contributed by atoms with Gasteiger partial charge in [-0.15, -0.1) is 0 Å². The first kappa shape index (κ1) is 17.5. The van der Waals surface area contributed by atoms with Crippen molar-refractivity contribution in [3.8, 4) is 11.8 Å². The van der Waals surface area contributed by atoms with Gasteiger partial charge < -0.3 is 22.1 Å². The number of nitrogen functional groups attached to an aromatic ring is 2. The van der Waals surface area contributed by atoms with Crippen molar-refractivity contribution in [2.45, 2.75) is 20.0 Å². The lowest BCUT2D eigenvalue weighted by Gasteiger charge is -2.18. The maximum Gasteiger partial charge on any atom is 0.256 e. The molecule has 0 unspecified atom stereocenters. The highest BCUT2D eigenvalue weighted by Crippen LogP contribution is 2.28. The summed E-state index contributed by atoms with van der Waals surface area (Å²) in [5.41, 5.74) is 21.3. The van der Waals surface area contributed by atoms with Gasteiger partial charge in [0.05, 0.1) is 12.1 Å². The highest BCUT2D eigenvalue weighted by molar-refractivity contribution is 6.06. The van der Waals surface area contributed by atoms with Gasteiger partial charge in [0.1, 0.15) is 0 Å². The Morgan fingerprint density at radius 3 is 2.42 bits per heavy atom. The summed E-state index contributed by atoms with van der Waals surface area (Å²) in [5, 5.41) is 0. The molecule has 0 fully saturated rings. The minimum absolute atomic E-state index is 0.204. The van der Waals surface area contributed by atoms with E-state index < -0.39 is 0 Å². The summed E-state index contributed by atoms with van der Waals surface area (Å²) in [4.78, 5) is 26.3. The second-order valence-corrected chi connectivity index (χ2v) is 6.23. The van der Waals surface area contributed by atoms with Crippen LogP contribution in [-0.2, 0) is 13.1 Å². The average molecular weight is 348 g/mol. The smallest absolute Gasteiger partial charge is 0.256 e. The van der Waals surface area contributed by atoms with E-state index in [4.69, 9.17) is 17.2 Å². The molecule has 0 spiro atoms. The van der Waals surface area contributed by atoms with E-state index in [-0.39, 0.29) is 23.1 Å². The number of anilines is 2. The fourth-order valence-electron chi connectivity index (χ4n) is 3.06. The summed E-state index contributed by atoms with van der Waals surface area (Å²) < 4.78 is 0. The van der Waals surface area contributed by atoms with E-state index in [2.05, 4.69) is 11.8 Å². The molecule has 6 N–H and O–H groups in total. The first-order valence-corrected chi connectivity index (χ1v) is 8.20. The van der Waals surface area contributed by atoms with Gasteiger partial charge in [0.2, 0.25) is 0 Å². The molecule has 6 nitrogen and oxygen atoms in total. The van der Waals surface area contributed by atoms with Crippen LogP contribution in [0, 0.1) is 11.8 Å². The van der Waals surface area contributed by atoms with E-state index in [9.17, 15) is 9.59 Å². The summed E-state index contributed by atoms with van der Waals surface area (Å²) in [5.74, 6) is 5.39. The minimum atomic E-state index is -0.226. The van der Waals surface area contributed by atoms with Gasteiger partial charge in [-0.25, -0.2) is 0 Å². The molecule has 2 aromatic carbocycles. The molecular weight excluding hydrogens is 328 g/mol. The van der Waals surface area contributed by atoms with Gasteiger partial charge in [0, 0.05) is 35.6 Å². The van der Waals surface area contributed by atoms with Crippen molar-refractivity contribution in [2.75, 3.05) is 18.0 Å². The van der Waals surface area contributed by atoms with Gasteiger partial charge in [-0.05, 0) is 42.3 Å². The standard InChI is InChI=1S/C20H20N4O2/c1-12(25)16-8-17(19(23)9-18(16)22)20(26)24-10-14-5-4-13(3-2-6-21)7-15(14)11-24/h4-5,7-9H,6,10-11,21-23H2,1H3. The molecule has 26 heavy (non-hydrogen) atoms. The predicted octanol–water partition coefficient (Wildman–Crippen LogP) is 1.52. The molecule has 1 amide bonds. The SMILES string of the molecule is CC(=O)c1cc(C(=O)N2Cc3ccc(C#CCN)cc3C2)c(N)cc1N. The van der Waals surface area contributed by atoms with E-state index in [0.717, 1.165) is 16.7 Å². The Morgan fingerprint density at radius 1 is 1.04 bits per heavy atom. The Balaban J connectivity index is 1.88. The summed E-state index contributed by atoms with van der Waals surface area (Å²) in [6.45, 7) is 2.66. The van der Waals surface area contributed by atoms with E-state index in [0.29, 0.717) is 30.8 Å². The molecule has 0 saturated carbocycles. The zero-order chi connectivity index (χ0) is 18.8. The van der Waals surface area contributed by atoms with Crippen molar-refractivity contribution >= 4 is 23.1 Å². The van der Waals surface area contributed by atoms with Crippen LogP contribution < -0.4 is 17.2 Å². The molecule has 0 aliphatic carbocycles. The number of amides is 1. The molecule has 0 aromatic heterocycles. The normalized spacial score (nSPS) is 12.3. The number of carbonyl (C=O) groups excluding carboxylic acids is 2. The molecule has 1 aliphatic heterocycles. The number of Topliss-reactive ketones (excluding diaryl/α,β-unsaturated/α-hetero) is 1. The third-order valence-electron chi connectivity index (χ3n) is 4.38. The third kappa shape index (κ3) is 3.25. The predicted molar refractivity (Wildman–Crippen MR) is 101 cm³/mol. The maximum absolute atomic E-state index is 12.9. The molecule has 0 atom stereocenters. The monoisotopic (exact) mass is 348 g/mol. The number of benzene rings is 2. The number of nitrogens with zero attached hydrogens (tertiary/aromatic N) is 1. The minimum Gasteiger partial charge on any atom is -0.398 e. The molecule has 3 rings (SSSR count). The van der Waals surface area contributed by atoms with E-state index in [1.807, 2.05) is 18.2 Å². The summed E-state index contributed by atoms with van der Waals surface area (Å²) in [6, 6.07) is 8.81. The molecule has 0 radical (unpaired) electrons. The molecule has 1 aliphatic rings. The lowest BCUT2D eigenvalue weighted by Crippen LogP contribution is -2.26. The zero-order valence-electron chi connectivity index (χ0n) is 14.5. The van der Waals surface area contributed by atoms with Crippen LogP contribution in [0.3, 0.4) is 0 Å². The quantitative estimate of drug-likeness (QED) is 0.432. The first-order chi connectivity index (χ1) is 12.4. The summed E-state index contributed by atoms with van der Waals surface area (Å²) in [6.07, 6.45) is 0. The lowest BCUT2D eigenvalue weighted by atomic mass is 10.0. The highest BCUT2D eigenvalue weighted by atomic mass is 16.2. The van der Waals surface area contributed by atoms with Gasteiger partial charge in [-0.2, -0.15) is 0 Å². The fourth-order valence-corrected chi connectivity index (χ4v) is 3.06. The van der Waals surface area contributed by atoms with E-state index >= 15 is 0 Å². The third-order valence-corrected chi connectivity index (χ3v) is 4.38. The second kappa shape index (κ2) is 6.90. The molecular formula is C20H20N4O2. The van der Waals surface area contributed by atoms with E-state index in [1.54, 1.807) is 4.90 Å². The number of nitrogens with two attached hydrogens (primary N) is 3. The fraction of sp³-hybridized carbons (Fsp3) is 0.200. The summed E-state index contributed by atoms with van der Waals surface area (Å²) >= 11 is 0. The first-order valence-electron chi connectivity index (χ1n) is 8.20. The Morgan fingerprint density at radius 2 is 1.73 bits per heavy atom. The van der Waals surface area contributed by atoms with Crippen molar-refractivity contribution in [2.24, 2.45) is 5.73 Å². The Bertz CT molecular complexity index is 970. The van der Waals surface area contributed by atoms with Crippen molar-refractivity contribution < 1.29 is 9.59 Å². The van der Waals surface area contributed by atoms with Crippen molar-refractivity contribution in [3.63, 3.8) is 0 Å². The number of rotatable bonds is 2. The van der Waals surface area contributed by atoms with Crippen LogP contribution in [0.25, 0.3) is 0 Å². The van der Waals surface area contributed by atoms with Crippen LogP contribution in [0.1, 0.15) is 44.3 Å². The number of ketones is 1. The molecule has 0 saturated heterocycles. The largest absolute Gasteiger partial charge is 0.398 e. The zero-order valence-corrected chi connectivity index (χ0v) is 14.5. The van der Waals surface area contributed by atoms with Crippen LogP contribution in [0.5, 0.6) is 0 Å². The van der Waals surface area contributed by atoms with Crippen molar-refractivity contribution in [3.05, 3.63) is 58.1 Å². The second-order valence-electron chi connectivity index (χ2n) is 6.23. The summed E-state index contributed by atoms with van der Waals surface area (Å²) in [7, 11) is 0. The van der Waals surface area contributed by atoms with Gasteiger partial charge in [0.15, 0.2) is 5.78 Å². The molecule has 2 aromatic rings. The average Bonchev–Trinajstić information content (AvgIpc) is 3.02. The van der Waals surface area contributed by atoms with E-state index in [1.165, 1.54) is 19.1 Å². The number of fused-ring (bicyclic) bond motifs is 1. The van der Waals surface area contributed by atoms with Crippen LogP contribution in [0.15, 0.2) is 30.3 Å². The Kier molecular flexibility index (Phi) is 4.65. The molecule has 6 heteroatoms. The molecule has 1 heterocycles. The molecule has 132 valence electrons. The van der Waals surface area contributed by atoms with Crippen LogP contribution in [0.4, 0.5) is 11.4 Å². The maximum atomic E-state index is 12.9. The van der Waals surface area contributed by atoms with Crippen LogP contribution in [-0.4, -0.2) is 23.1 Å². The van der Waals surface area contributed by atoms with Crippen molar-refractivity contribution in [1.29, 1.82) is 0 Å². The van der Waals surface area contributed by atoms with Gasteiger partial charge in [-0.3, -0.25) is 9.59 Å². The highest BCUT2D eigenvalue weighted by Gasteiger charge is 2.26. The number of hydrogen-bond donors (Lipinski definition) is 3.